The molecule has 0 aromatic heterocycles. The zero-order chi connectivity index (χ0) is 19.4. The lowest BCUT2D eigenvalue weighted by atomic mass is 9.94. The van der Waals surface area contributed by atoms with Gasteiger partial charge < -0.3 is 15.0 Å². The fourth-order valence-electron chi connectivity index (χ4n) is 2.86. The number of ketones is 1. The number of allylic oxidation sites excluding steroid dienone is 1. The number of nitrogens with zero attached hydrogens (tertiary/aromatic N) is 1. The summed E-state index contributed by atoms with van der Waals surface area (Å²) in [6, 6.07) is 14.5. The lowest BCUT2D eigenvalue weighted by molar-refractivity contribution is -0.111. The number of nitrogens with one attached hydrogen (secondary N) is 1. The largest absolute Gasteiger partial charge is 0.497 e. The van der Waals surface area contributed by atoms with Crippen LogP contribution in [0.3, 0.4) is 0 Å². The highest BCUT2D eigenvalue weighted by Crippen LogP contribution is 2.28. The second-order valence-corrected chi connectivity index (χ2v) is 6.46. The first-order valence-corrected chi connectivity index (χ1v) is 8.66. The lowest BCUT2D eigenvalue weighted by Crippen LogP contribution is -2.43. The summed E-state index contributed by atoms with van der Waals surface area (Å²) < 4.78 is 5.18. The average Bonchev–Trinajstić information content (AvgIpc) is 2.69. The van der Waals surface area contributed by atoms with Crippen LogP contribution in [0.25, 0.3) is 6.08 Å². The Kier molecular flexibility index (Phi) is 5.41. The van der Waals surface area contributed by atoms with Crippen LogP contribution in [0, 0.1) is 6.92 Å². The van der Waals surface area contributed by atoms with Gasteiger partial charge in [-0.15, -0.1) is 0 Å². The van der Waals surface area contributed by atoms with Crippen molar-refractivity contribution in [2.75, 3.05) is 14.2 Å². The Balaban J connectivity index is 1.88. The fraction of sp³-hybridized carbons (Fsp3) is 0.182. The molecule has 0 saturated carbocycles. The standard InChI is InChI=1S/C22H22N2O3/c1-15-4-6-16(7-5-15)8-13-20(25)19-14-24(2)22(26)23-21(19)17-9-11-18(27-3)12-10-17/h4-14,21H,1-3H3,(H,23,26)/b13-8+. The molecule has 5 heteroatoms. The van der Waals surface area contributed by atoms with E-state index in [1.54, 1.807) is 32.5 Å². The molecule has 1 unspecified atom stereocenters. The minimum Gasteiger partial charge on any atom is -0.497 e. The predicted octanol–water partition coefficient (Wildman–Crippen LogP) is 3.87. The smallest absolute Gasteiger partial charge is 0.321 e. The summed E-state index contributed by atoms with van der Waals surface area (Å²) >= 11 is 0. The van der Waals surface area contributed by atoms with E-state index in [-0.39, 0.29) is 11.8 Å². The van der Waals surface area contributed by atoms with Crippen molar-refractivity contribution in [2.45, 2.75) is 13.0 Å². The van der Waals surface area contributed by atoms with Gasteiger partial charge in [-0.3, -0.25) is 4.79 Å². The maximum Gasteiger partial charge on any atom is 0.321 e. The number of hydrogen-bond donors (Lipinski definition) is 1. The quantitative estimate of drug-likeness (QED) is 0.822. The van der Waals surface area contributed by atoms with Crippen LogP contribution < -0.4 is 10.1 Å². The second-order valence-electron chi connectivity index (χ2n) is 6.46. The van der Waals surface area contributed by atoms with Gasteiger partial charge in [0, 0.05) is 18.8 Å². The summed E-state index contributed by atoms with van der Waals surface area (Å²) in [5, 5.41) is 2.88. The average molecular weight is 362 g/mol. The number of benzene rings is 2. The Morgan fingerprint density at radius 3 is 2.41 bits per heavy atom. The zero-order valence-electron chi connectivity index (χ0n) is 15.6. The highest BCUT2D eigenvalue weighted by Gasteiger charge is 2.29. The molecule has 0 bridgehead atoms. The number of hydrogen-bond acceptors (Lipinski definition) is 3. The van der Waals surface area contributed by atoms with Gasteiger partial charge in [-0.2, -0.15) is 0 Å². The number of amides is 2. The van der Waals surface area contributed by atoms with Gasteiger partial charge in [-0.1, -0.05) is 48.0 Å². The van der Waals surface area contributed by atoms with Crippen molar-refractivity contribution in [3.05, 3.63) is 83.1 Å². The molecule has 5 nitrogen and oxygen atoms in total. The molecule has 0 aliphatic carbocycles. The molecule has 2 amide bonds. The monoisotopic (exact) mass is 362 g/mol. The van der Waals surface area contributed by atoms with E-state index in [4.69, 9.17) is 4.74 Å². The fourth-order valence-corrected chi connectivity index (χ4v) is 2.86. The van der Waals surface area contributed by atoms with Crippen LogP contribution >= 0.6 is 0 Å². The molecular weight excluding hydrogens is 340 g/mol. The Bertz CT molecular complexity index is 896. The van der Waals surface area contributed by atoms with Gasteiger partial charge in [0.05, 0.1) is 13.2 Å². The molecule has 2 aromatic rings. The van der Waals surface area contributed by atoms with Gasteiger partial charge in [0.2, 0.25) is 0 Å². The zero-order valence-corrected chi connectivity index (χ0v) is 15.6. The molecule has 3 rings (SSSR count). The Hall–Kier alpha value is -3.34. The highest BCUT2D eigenvalue weighted by molar-refractivity contribution is 6.08. The van der Waals surface area contributed by atoms with E-state index in [2.05, 4.69) is 5.32 Å². The normalized spacial score (nSPS) is 16.9. The number of rotatable bonds is 5. The Labute approximate surface area is 158 Å². The first-order chi connectivity index (χ1) is 13.0. The maximum absolute atomic E-state index is 12.8. The number of ether oxygens (including phenoxy) is 1. The molecule has 0 saturated heterocycles. The summed E-state index contributed by atoms with van der Waals surface area (Å²) in [6.07, 6.45) is 4.91. The van der Waals surface area contributed by atoms with Crippen LogP contribution in [0.15, 0.2) is 66.4 Å². The van der Waals surface area contributed by atoms with Crippen molar-refractivity contribution in [3.8, 4) is 5.75 Å². The van der Waals surface area contributed by atoms with Gasteiger partial charge >= 0.3 is 6.03 Å². The van der Waals surface area contributed by atoms with Crippen LogP contribution in [-0.4, -0.2) is 30.9 Å². The summed E-state index contributed by atoms with van der Waals surface area (Å²) in [5.74, 6) is 0.567. The molecular formula is C22H22N2O3. The van der Waals surface area contributed by atoms with Crippen molar-refractivity contribution >= 4 is 17.9 Å². The van der Waals surface area contributed by atoms with Crippen LogP contribution in [0.5, 0.6) is 5.75 Å². The summed E-state index contributed by atoms with van der Waals surface area (Å²) in [4.78, 5) is 26.3. The van der Waals surface area contributed by atoms with E-state index in [9.17, 15) is 9.59 Å². The van der Waals surface area contributed by atoms with Crippen molar-refractivity contribution in [3.63, 3.8) is 0 Å². The van der Waals surface area contributed by atoms with E-state index in [1.807, 2.05) is 55.5 Å². The number of aryl methyl sites for hydroxylation is 1. The number of urea groups is 1. The third kappa shape index (κ3) is 4.26. The molecule has 27 heavy (non-hydrogen) atoms. The molecule has 0 spiro atoms. The van der Waals surface area contributed by atoms with Crippen molar-refractivity contribution in [2.24, 2.45) is 0 Å². The lowest BCUT2D eigenvalue weighted by Gasteiger charge is -2.29. The van der Waals surface area contributed by atoms with Gasteiger partial charge in [0.1, 0.15) is 5.75 Å². The van der Waals surface area contributed by atoms with E-state index in [0.29, 0.717) is 11.3 Å². The molecule has 1 aliphatic heterocycles. The topological polar surface area (TPSA) is 58.6 Å². The third-order valence-electron chi connectivity index (χ3n) is 4.47. The van der Waals surface area contributed by atoms with Crippen molar-refractivity contribution in [1.82, 2.24) is 10.2 Å². The molecule has 0 fully saturated rings. The molecule has 138 valence electrons. The third-order valence-corrected chi connectivity index (χ3v) is 4.47. The first kappa shape index (κ1) is 18.5. The van der Waals surface area contributed by atoms with E-state index < -0.39 is 6.04 Å². The minimum absolute atomic E-state index is 0.150. The van der Waals surface area contributed by atoms with Gasteiger partial charge in [-0.25, -0.2) is 4.79 Å². The van der Waals surface area contributed by atoms with E-state index in [0.717, 1.165) is 16.7 Å². The van der Waals surface area contributed by atoms with E-state index >= 15 is 0 Å². The van der Waals surface area contributed by atoms with Crippen LogP contribution in [0.4, 0.5) is 4.79 Å². The second kappa shape index (κ2) is 7.91. The number of methoxy groups -OCH3 is 1. The first-order valence-electron chi connectivity index (χ1n) is 8.66. The van der Waals surface area contributed by atoms with Gasteiger partial charge in [0.15, 0.2) is 5.78 Å². The summed E-state index contributed by atoms with van der Waals surface area (Å²) in [7, 11) is 3.22. The molecule has 1 N–H and O–H groups in total. The molecule has 1 aliphatic rings. The molecule has 2 aromatic carbocycles. The molecule has 1 heterocycles. The van der Waals surface area contributed by atoms with Crippen LogP contribution in [-0.2, 0) is 4.79 Å². The van der Waals surface area contributed by atoms with Crippen molar-refractivity contribution in [1.29, 1.82) is 0 Å². The SMILES string of the molecule is COc1ccc(C2NC(=O)N(C)C=C2C(=O)/C=C/c2ccc(C)cc2)cc1. The van der Waals surface area contributed by atoms with E-state index in [1.165, 1.54) is 4.90 Å². The summed E-state index contributed by atoms with van der Waals surface area (Å²) in [5.41, 5.74) is 3.44. The number of carbonyl (C=O) groups is 2. The summed E-state index contributed by atoms with van der Waals surface area (Å²) in [6.45, 7) is 2.02. The molecule has 1 atom stereocenters. The predicted molar refractivity (Wildman–Crippen MR) is 105 cm³/mol. The minimum atomic E-state index is -0.505. The maximum atomic E-state index is 12.8. The van der Waals surface area contributed by atoms with Crippen LogP contribution in [0.1, 0.15) is 22.7 Å². The van der Waals surface area contributed by atoms with Gasteiger partial charge in [0.25, 0.3) is 0 Å². The van der Waals surface area contributed by atoms with Crippen LogP contribution in [0.2, 0.25) is 0 Å². The molecule has 0 radical (unpaired) electrons. The number of carbonyl (C=O) groups excluding carboxylic acids is 2. The van der Waals surface area contributed by atoms with Crippen molar-refractivity contribution < 1.29 is 14.3 Å². The Morgan fingerprint density at radius 1 is 1.11 bits per heavy atom. The Morgan fingerprint density at radius 2 is 1.78 bits per heavy atom. The highest BCUT2D eigenvalue weighted by atomic mass is 16.5. The van der Waals surface area contributed by atoms with Gasteiger partial charge in [-0.05, 0) is 36.3 Å².